The average molecular weight is 224 g/mol. The second-order valence-corrected chi connectivity index (χ2v) is 6.64. The molecule has 2 unspecified atom stereocenters. The molecule has 0 spiro atoms. The summed E-state index contributed by atoms with van der Waals surface area (Å²) in [7, 11) is 0. The van der Waals surface area contributed by atoms with E-state index in [1.165, 1.54) is 44.9 Å². The number of hydrogen-bond acceptors (Lipinski definition) is 0. The summed E-state index contributed by atoms with van der Waals surface area (Å²) < 4.78 is 0. The van der Waals surface area contributed by atoms with Crippen LogP contribution in [0.15, 0.2) is 0 Å². The van der Waals surface area contributed by atoms with Crippen molar-refractivity contribution < 1.29 is 0 Å². The molecule has 1 aliphatic carbocycles. The van der Waals surface area contributed by atoms with E-state index in [9.17, 15) is 0 Å². The summed E-state index contributed by atoms with van der Waals surface area (Å²) in [5, 5.41) is 0. The molecule has 0 aromatic heterocycles. The molecule has 0 N–H and O–H groups in total. The highest BCUT2D eigenvalue weighted by molar-refractivity contribution is 4.94. The minimum Gasteiger partial charge on any atom is -0.0651 e. The molecule has 96 valence electrons. The summed E-state index contributed by atoms with van der Waals surface area (Å²) in [6, 6.07) is 0. The van der Waals surface area contributed by atoms with Gasteiger partial charge in [-0.2, -0.15) is 0 Å². The maximum Gasteiger partial charge on any atom is -0.0269 e. The summed E-state index contributed by atoms with van der Waals surface area (Å²) in [5.74, 6) is 2.87. The molecule has 0 heterocycles. The fourth-order valence-corrected chi connectivity index (χ4v) is 3.19. The summed E-state index contributed by atoms with van der Waals surface area (Å²) in [6.45, 7) is 12.0. The predicted octanol–water partition coefficient (Wildman–Crippen LogP) is 5.67. The van der Waals surface area contributed by atoms with Gasteiger partial charge in [0, 0.05) is 0 Å². The van der Waals surface area contributed by atoms with Crippen molar-refractivity contribution >= 4 is 0 Å². The Morgan fingerprint density at radius 1 is 1.12 bits per heavy atom. The Bertz CT molecular complexity index is 190. The van der Waals surface area contributed by atoms with Crippen LogP contribution in [0, 0.1) is 23.2 Å². The molecule has 1 fully saturated rings. The molecular weight excluding hydrogens is 192 g/mol. The van der Waals surface area contributed by atoms with Crippen LogP contribution in [0.25, 0.3) is 0 Å². The summed E-state index contributed by atoms with van der Waals surface area (Å²) in [4.78, 5) is 0. The molecule has 0 aromatic carbocycles. The highest BCUT2D eigenvalue weighted by atomic mass is 14.5. The topological polar surface area (TPSA) is 0 Å². The van der Waals surface area contributed by atoms with Gasteiger partial charge >= 0.3 is 0 Å². The average Bonchev–Trinajstić information content (AvgIpc) is 3.07. The Hall–Kier alpha value is 0. The number of hydrogen-bond donors (Lipinski definition) is 0. The van der Waals surface area contributed by atoms with Crippen LogP contribution in [-0.4, -0.2) is 0 Å². The first-order chi connectivity index (χ1) is 7.54. The van der Waals surface area contributed by atoms with Gasteiger partial charge in [0.05, 0.1) is 0 Å². The van der Waals surface area contributed by atoms with E-state index in [0.29, 0.717) is 5.41 Å². The third-order valence-electron chi connectivity index (χ3n) is 4.82. The van der Waals surface area contributed by atoms with Crippen LogP contribution in [-0.2, 0) is 0 Å². The molecule has 1 saturated carbocycles. The molecule has 2 atom stereocenters. The second kappa shape index (κ2) is 6.07. The zero-order valence-electron chi connectivity index (χ0n) is 12.2. The largest absolute Gasteiger partial charge is 0.0651 e. The molecule has 0 bridgehead atoms. The fraction of sp³-hybridized carbons (Fsp3) is 1.00. The summed E-state index contributed by atoms with van der Waals surface area (Å²) in [5.41, 5.74) is 0.708. The van der Waals surface area contributed by atoms with E-state index in [-0.39, 0.29) is 0 Å². The maximum atomic E-state index is 2.45. The molecular formula is C16H32. The lowest BCUT2D eigenvalue weighted by Crippen LogP contribution is -2.26. The van der Waals surface area contributed by atoms with Gasteiger partial charge in [0.15, 0.2) is 0 Å². The van der Waals surface area contributed by atoms with E-state index in [1.54, 1.807) is 0 Å². The van der Waals surface area contributed by atoms with Crippen LogP contribution in [0.5, 0.6) is 0 Å². The van der Waals surface area contributed by atoms with Crippen molar-refractivity contribution in [3.8, 4) is 0 Å². The van der Waals surface area contributed by atoms with Crippen molar-refractivity contribution in [3.05, 3.63) is 0 Å². The van der Waals surface area contributed by atoms with Gasteiger partial charge in [0.25, 0.3) is 0 Å². The SMILES string of the molecule is CCC(C)CC(CC)(CCC(C)C)C1CC1. The van der Waals surface area contributed by atoms with Crippen LogP contribution in [0.1, 0.15) is 79.6 Å². The molecule has 1 rings (SSSR count). The molecule has 0 heteroatoms. The highest BCUT2D eigenvalue weighted by Crippen LogP contribution is 2.54. The molecule has 0 aliphatic heterocycles. The third kappa shape index (κ3) is 3.79. The first kappa shape index (κ1) is 14.1. The van der Waals surface area contributed by atoms with Crippen molar-refractivity contribution in [2.75, 3.05) is 0 Å². The Morgan fingerprint density at radius 3 is 2.12 bits per heavy atom. The number of rotatable bonds is 8. The standard InChI is InChI=1S/C16H32/c1-6-14(5)12-16(7-2,15-8-9-15)11-10-13(3)4/h13-15H,6-12H2,1-5H3. The van der Waals surface area contributed by atoms with E-state index in [4.69, 9.17) is 0 Å². The van der Waals surface area contributed by atoms with Gasteiger partial charge in [-0.05, 0) is 48.9 Å². The van der Waals surface area contributed by atoms with E-state index in [2.05, 4.69) is 34.6 Å². The van der Waals surface area contributed by atoms with Gasteiger partial charge in [-0.1, -0.05) is 53.9 Å². The van der Waals surface area contributed by atoms with Crippen LogP contribution in [0.3, 0.4) is 0 Å². The molecule has 0 nitrogen and oxygen atoms in total. The van der Waals surface area contributed by atoms with Gasteiger partial charge in [-0.15, -0.1) is 0 Å². The van der Waals surface area contributed by atoms with Gasteiger partial charge in [-0.25, -0.2) is 0 Å². The van der Waals surface area contributed by atoms with Crippen molar-refractivity contribution in [1.29, 1.82) is 0 Å². The monoisotopic (exact) mass is 224 g/mol. The van der Waals surface area contributed by atoms with Gasteiger partial charge in [0.1, 0.15) is 0 Å². The first-order valence-corrected chi connectivity index (χ1v) is 7.54. The molecule has 16 heavy (non-hydrogen) atoms. The maximum absolute atomic E-state index is 2.45. The highest BCUT2D eigenvalue weighted by Gasteiger charge is 2.43. The lowest BCUT2D eigenvalue weighted by molar-refractivity contribution is 0.144. The van der Waals surface area contributed by atoms with Gasteiger partial charge in [0.2, 0.25) is 0 Å². The van der Waals surface area contributed by atoms with Crippen molar-refractivity contribution in [2.24, 2.45) is 23.2 Å². The zero-order valence-corrected chi connectivity index (χ0v) is 12.2. The van der Waals surface area contributed by atoms with Crippen LogP contribution in [0.4, 0.5) is 0 Å². The van der Waals surface area contributed by atoms with Crippen molar-refractivity contribution in [1.82, 2.24) is 0 Å². The van der Waals surface area contributed by atoms with Crippen molar-refractivity contribution in [2.45, 2.75) is 79.6 Å². The fourth-order valence-electron chi connectivity index (χ4n) is 3.19. The Balaban J connectivity index is 2.58. The van der Waals surface area contributed by atoms with Gasteiger partial charge in [-0.3, -0.25) is 0 Å². The summed E-state index contributed by atoms with van der Waals surface area (Å²) in [6.07, 6.45) is 10.2. The predicted molar refractivity (Wildman–Crippen MR) is 73.6 cm³/mol. The van der Waals surface area contributed by atoms with Gasteiger partial charge < -0.3 is 0 Å². The first-order valence-electron chi connectivity index (χ1n) is 7.54. The molecule has 0 radical (unpaired) electrons. The Labute approximate surface area is 103 Å². The van der Waals surface area contributed by atoms with E-state index >= 15 is 0 Å². The van der Waals surface area contributed by atoms with E-state index < -0.39 is 0 Å². The second-order valence-electron chi connectivity index (χ2n) is 6.64. The molecule has 1 aliphatic rings. The zero-order chi connectivity index (χ0) is 12.2. The third-order valence-corrected chi connectivity index (χ3v) is 4.82. The summed E-state index contributed by atoms with van der Waals surface area (Å²) >= 11 is 0. The van der Waals surface area contributed by atoms with E-state index in [1.807, 2.05) is 0 Å². The minimum atomic E-state index is 0.708. The van der Waals surface area contributed by atoms with Crippen LogP contribution < -0.4 is 0 Å². The molecule has 0 amide bonds. The van der Waals surface area contributed by atoms with Crippen LogP contribution in [0.2, 0.25) is 0 Å². The normalized spacial score (nSPS) is 22.1. The Morgan fingerprint density at radius 2 is 1.75 bits per heavy atom. The van der Waals surface area contributed by atoms with E-state index in [0.717, 1.165) is 17.8 Å². The Kier molecular flexibility index (Phi) is 5.34. The smallest absolute Gasteiger partial charge is 0.0269 e. The van der Waals surface area contributed by atoms with Crippen LogP contribution >= 0.6 is 0 Å². The lowest BCUT2D eigenvalue weighted by atomic mass is 9.69. The van der Waals surface area contributed by atoms with Crippen molar-refractivity contribution in [3.63, 3.8) is 0 Å². The quantitative estimate of drug-likeness (QED) is 0.498. The molecule has 0 saturated heterocycles. The lowest BCUT2D eigenvalue weighted by Gasteiger charge is -2.36. The molecule has 0 aromatic rings. The minimum absolute atomic E-state index is 0.708.